The van der Waals surface area contributed by atoms with E-state index in [4.69, 9.17) is 50.3 Å². The van der Waals surface area contributed by atoms with Crippen molar-refractivity contribution in [3.8, 4) is 0 Å². The third-order valence-corrected chi connectivity index (χ3v) is 20.2. The normalized spacial score (nSPS) is 15.1. The van der Waals surface area contributed by atoms with Crippen LogP contribution in [0.3, 0.4) is 0 Å². The monoisotopic (exact) mass is 1960 g/mol. The molecule has 0 radical (unpaired) electrons. The molecule has 0 bridgehead atoms. The van der Waals surface area contributed by atoms with Gasteiger partial charge in [-0.05, 0) is 107 Å². The fourth-order valence-corrected chi connectivity index (χ4v) is 12.9. The van der Waals surface area contributed by atoms with Gasteiger partial charge in [0.1, 0.15) is 96.7 Å². The van der Waals surface area contributed by atoms with Gasteiger partial charge in [-0.1, -0.05) is 75.7 Å². The zero-order valence-electron chi connectivity index (χ0n) is 78.5. The van der Waals surface area contributed by atoms with Crippen LogP contribution in [0.1, 0.15) is 166 Å². The molecule has 0 unspecified atom stereocenters. The van der Waals surface area contributed by atoms with Crippen LogP contribution in [0.15, 0.2) is 0 Å². The number of hydrogen-bond acceptors (Lipinski definition) is 30. The first-order chi connectivity index (χ1) is 64.1. The number of rotatable bonds is 69. The van der Waals surface area contributed by atoms with Crippen molar-refractivity contribution in [2.45, 2.75) is 268 Å². The van der Waals surface area contributed by atoms with Crippen molar-refractivity contribution in [1.82, 2.24) is 106 Å². The summed E-state index contributed by atoms with van der Waals surface area (Å²) in [6.07, 6.45) is -4.13. The van der Waals surface area contributed by atoms with Gasteiger partial charge in [-0.2, -0.15) is 0 Å². The van der Waals surface area contributed by atoms with Crippen LogP contribution >= 0.6 is 0 Å². The number of carboxylic acid groups (broad SMARTS) is 3. The number of hydrogen-bond donors (Lipinski definition) is 38. The highest BCUT2D eigenvalue weighted by Crippen LogP contribution is 2.16. The highest BCUT2D eigenvalue weighted by molar-refractivity contribution is 6.02. The molecule has 57 heteroatoms. The van der Waals surface area contributed by atoms with Crippen LogP contribution in [-0.4, -0.2) is 351 Å². The second-order valence-electron chi connectivity index (χ2n) is 34.0. The lowest BCUT2D eigenvalue weighted by Crippen LogP contribution is -2.62. The topological polar surface area (TPSA) is 973 Å². The third kappa shape index (κ3) is 50.2. The summed E-state index contributed by atoms with van der Waals surface area (Å²) in [7, 11) is 0. The first kappa shape index (κ1) is 124. The van der Waals surface area contributed by atoms with Crippen molar-refractivity contribution in [2.75, 3.05) is 65.8 Å². The Morgan fingerprint density at radius 3 is 0.664 bits per heavy atom. The molecule has 0 fully saturated rings. The number of carbonyl (C=O) groups excluding carboxylic acids is 16. The molecule has 0 saturated carbocycles. The molecule has 0 saturated heterocycles. The Morgan fingerprint density at radius 1 is 0.255 bits per heavy atom. The van der Waals surface area contributed by atoms with Crippen molar-refractivity contribution in [3.63, 3.8) is 0 Å². The predicted molar refractivity (Wildman–Crippen MR) is 487 cm³/mol. The van der Waals surface area contributed by atoms with Crippen LogP contribution in [0.4, 0.5) is 0 Å². The highest BCUT2D eigenvalue weighted by Gasteiger charge is 2.41. The van der Waals surface area contributed by atoms with E-state index in [2.05, 4.69) is 101 Å². The molecule has 18 atom stereocenters. The van der Waals surface area contributed by atoms with Crippen molar-refractivity contribution in [1.29, 1.82) is 21.6 Å². The molecule has 0 aliphatic heterocycles. The molecule has 0 aromatic carbocycles. The maximum atomic E-state index is 14.6. The lowest BCUT2D eigenvalue weighted by molar-refractivity contribution is -0.144. The van der Waals surface area contributed by atoms with Crippen molar-refractivity contribution in [2.24, 2.45) is 58.3 Å². The molecule has 0 aliphatic rings. The number of aliphatic hydroxyl groups is 6. The minimum Gasteiger partial charge on any atom is -0.481 e. The van der Waals surface area contributed by atoms with Gasteiger partial charge in [-0.25, -0.2) is 4.79 Å². The first-order valence-electron chi connectivity index (χ1n) is 44.4. The third-order valence-electron chi connectivity index (χ3n) is 20.2. The van der Waals surface area contributed by atoms with Crippen LogP contribution < -0.4 is 135 Å². The Morgan fingerprint density at radius 2 is 0.445 bits per heavy atom. The number of guanidine groups is 4. The molecule has 778 valence electrons. The molecule has 137 heavy (non-hydrogen) atoms. The molecule has 0 heterocycles. The average molecular weight is 1960 g/mol. The SMILES string of the molecule is CC[C@H](C)[C@H](NC(=O)[C@H](CO)NC(=O)[C@H](CCCNC(=N)N)NC(=O)[C@H](CC(C)C)NC(=O)[C@H](CC(=O)O)NC(=O)[C@H](CC(C)C)NC(=O)[C@H](CCCNC(=N)N)NC(=O)[C@H](CO)NC(=O)[C@H](CO)NC(=O)[C@H](CCCNC(=N)N)NC(=O)[C@@H](N)CC(C)C)C(=O)N[C@@H](CC(C)C)C(=O)N[C@@H](CC(=O)O)C(=O)N[C@@H](CO)C(=O)N[C@@H](CCCNC(=N)N)C(=O)N[C@@H](CO)C(=O)N[C@@H](CO)C(=O)O. The Balaban J connectivity index is 7.30. The van der Waals surface area contributed by atoms with Gasteiger partial charge in [-0.3, -0.25) is 108 Å². The minimum atomic E-state index is -2.12. The zero-order chi connectivity index (χ0) is 105. The van der Waals surface area contributed by atoms with Gasteiger partial charge in [0.15, 0.2) is 23.8 Å². The van der Waals surface area contributed by atoms with E-state index in [9.17, 15) is 137 Å². The highest BCUT2D eigenvalue weighted by atomic mass is 16.4. The molecule has 0 aliphatic carbocycles. The van der Waals surface area contributed by atoms with E-state index >= 15 is 0 Å². The number of nitrogens with two attached hydrogens (primary N) is 5. The van der Waals surface area contributed by atoms with Gasteiger partial charge in [0, 0.05) is 26.2 Å². The summed E-state index contributed by atoms with van der Waals surface area (Å²) in [5.74, 6) is -28.5. The number of aliphatic carboxylic acids is 3. The smallest absolute Gasteiger partial charge is 0.328 e. The van der Waals surface area contributed by atoms with Crippen LogP contribution in [0, 0.1) is 51.2 Å². The molecule has 43 N–H and O–H groups in total. The van der Waals surface area contributed by atoms with Gasteiger partial charge in [-0.15, -0.1) is 0 Å². The van der Waals surface area contributed by atoms with Gasteiger partial charge < -0.3 is 181 Å². The summed E-state index contributed by atoms with van der Waals surface area (Å²) in [5, 5.41) is 167. The van der Waals surface area contributed by atoms with Crippen LogP contribution in [0.5, 0.6) is 0 Å². The molecule has 0 aromatic rings. The van der Waals surface area contributed by atoms with Gasteiger partial charge in [0.25, 0.3) is 0 Å². The van der Waals surface area contributed by atoms with E-state index in [1.54, 1.807) is 62.3 Å². The fourth-order valence-electron chi connectivity index (χ4n) is 12.9. The van der Waals surface area contributed by atoms with Crippen molar-refractivity contribution in [3.05, 3.63) is 0 Å². The zero-order valence-corrected chi connectivity index (χ0v) is 78.5. The summed E-state index contributed by atoms with van der Waals surface area (Å²) < 4.78 is 0. The average Bonchev–Trinajstić information content (AvgIpc) is 0.844. The second kappa shape index (κ2) is 65.4. The van der Waals surface area contributed by atoms with Crippen LogP contribution in [0.25, 0.3) is 0 Å². The number of nitrogens with one attached hydrogen (secondary N) is 24. The molecular weight excluding hydrogens is 1820 g/mol. The maximum absolute atomic E-state index is 14.6. The molecule has 16 amide bonds. The predicted octanol–water partition coefficient (Wildman–Crippen LogP) is -13.7. The number of amides is 16. The molecular formula is C80H145N29O28. The Bertz CT molecular complexity index is 4060. The molecule has 0 spiro atoms. The van der Waals surface area contributed by atoms with Crippen LogP contribution in [0.2, 0.25) is 0 Å². The van der Waals surface area contributed by atoms with E-state index in [1.807, 2.05) is 5.32 Å². The molecule has 0 rings (SSSR count). The van der Waals surface area contributed by atoms with Gasteiger partial charge >= 0.3 is 17.9 Å². The number of carbonyl (C=O) groups is 19. The van der Waals surface area contributed by atoms with Gasteiger partial charge in [0.05, 0.1) is 58.5 Å². The standard InChI is InChI=1S/C80H145N29O28/c1-11-40(10)59(75(135)102-48(27-39(8)9)67(127)101-50(29-58(118)119)69(129)106-51(30-110)70(130)97-45(19-15-23-93-80(88)89)64(124)104-54(33-113)73(133)108-56(35-115)76(136)137)109-74(134)55(34-114)105-63(123)44(18-14-22-92-79(86)87)95-65(125)46(25-37(4)5)99-68(128)49(28-57(116)117)100-66(126)47(26-38(6)7)98-61(121)43(17-13-21-91-78(84)85)96-71(131)52(31-111)107-72(132)53(32-112)103-62(122)42(16-12-20-90-77(82)83)94-60(120)41(81)24-36(2)3/h36-56,59,110-115H,11-35,81H2,1-10H3,(H,94,120)(H,95,125)(H,96,131)(H,97,130)(H,98,121)(H,99,128)(H,100,126)(H,101,127)(H,102,135)(H,103,122)(H,104,124)(H,105,123)(H,106,129)(H,107,132)(H,108,133)(H,109,134)(H,116,117)(H,118,119)(H,136,137)(H4,82,83,90)(H4,84,85,91)(H4,86,87,92)(H4,88,89,93)/t40-,41-,42-,43-,44-,45-,46-,47-,48-,49-,50-,51-,52-,53-,54-,55-,56-,59-/m0/s1. The van der Waals surface area contributed by atoms with Crippen molar-refractivity contribution < 1.29 is 137 Å². The Kier molecular flexibility index (Phi) is 59.1. The number of aliphatic hydroxyl groups excluding tert-OH is 6. The quantitative estimate of drug-likeness (QED) is 0.0153. The van der Waals surface area contributed by atoms with E-state index in [0.717, 1.165) is 0 Å². The summed E-state index contributed by atoms with van der Waals surface area (Å²) in [6.45, 7) is 9.00. The summed E-state index contributed by atoms with van der Waals surface area (Å²) in [6, 6.07) is -30.1. The van der Waals surface area contributed by atoms with E-state index in [1.165, 1.54) is 6.92 Å². The summed E-state index contributed by atoms with van der Waals surface area (Å²) >= 11 is 0. The lowest BCUT2D eigenvalue weighted by Gasteiger charge is -2.30. The van der Waals surface area contributed by atoms with Crippen molar-refractivity contribution >= 4 is 136 Å². The van der Waals surface area contributed by atoms with E-state index in [-0.39, 0.29) is 122 Å². The fraction of sp³-hybridized carbons (Fsp3) is 0.713. The largest absolute Gasteiger partial charge is 0.481 e. The molecule has 0 aromatic heterocycles. The summed E-state index contributed by atoms with van der Waals surface area (Å²) in [4.78, 5) is 261. The Hall–Kier alpha value is -13.3. The van der Waals surface area contributed by atoms with Crippen LogP contribution in [-0.2, 0) is 91.1 Å². The minimum absolute atomic E-state index is 0.0309. The van der Waals surface area contributed by atoms with E-state index in [0.29, 0.717) is 0 Å². The summed E-state index contributed by atoms with van der Waals surface area (Å²) in [5.41, 5.74) is 27.7. The maximum Gasteiger partial charge on any atom is 0.328 e. The van der Waals surface area contributed by atoms with Gasteiger partial charge in [0.2, 0.25) is 94.5 Å². The Labute approximate surface area is 790 Å². The first-order valence-corrected chi connectivity index (χ1v) is 44.4. The molecule has 57 nitrogen and oxygen atoms in total. The second-order valence-corrected chi connectivity index (χ2v) is 34.0. The lowest BCUT2D eigenvalue weighted by atomic mass is 9.96. The van der Waals surface area contributed by atoms with E-state index < -0.39 is 309 Å². The number of carboxylic acids is 3.